The van der Waals surface area contributed by atoms with E-state index in [4.69, 9.17) is 10.5 Å². The molecule has 0 bridgehead atoms. The molecule has 0 saturated heterocycles. The molecule has 2 aromatic heterocycles. The molecule has 0 spiro atoms. The lowest BCUT2D eigenvalue weighted by molar-refractivity contribution is -0.0115. The first-order chi connectivity index (χ1) is 7.83. The molecule has 0 unspecified atom stereocenters. The fraction of sp³-hybridized carbons (Fsp3) is 0.455. The molecule has 5 heteroatoms. The Balaban J connectivity index is 1.80. The van der Waals surface area contributed by atoms with Gasteiger partial charge < -0.3 is 10.5 Å². The van der Waals surface area contributed by atoms with Crippen LogP contribution in [0, 0.1) is 0 Å². The zero-order valence-corrected chi connectivity index (χ0v) is 9.67. The number of rotatable bonds is 3. The maximum Gasteiger partial charge on any atom is 0.158 e. The number of hydrogen-bond donors (Lipinski definition) is 1. The van der Waals surface area contributed by atoms with E-state index in [-0.39, 0.29) is 0 Å². The van der Waals surface area contributed by atoms with Gasteiger partial charge in [-0.05, 0) is 30.7 Å². The Morgan fingerprint density at radius 2 is 2.31 bits per heavy atom. The lowest BCUT2D eigenvalue weighted by Gasteiger charge is -2.25. The van der Waals surface area contributed by atoms with Gasteiger partial charge in [-0.3, -0.25) is 0 Å². The van der Waals surface area contributed by atoms with Gasteiger partial charge in [0.25, 0.3) is 0 Å². The van der Waals surface area contributed by atoms with Gasteiger partial charge >= 0.3 is 0 Å². The van der Waals surface area contributed by atoms with Crippen molar-refractivity contribution in [3.63, 3.8) is 0 Å². The van der Waals surface area contributed by atoms with Gasteiger partial charge in [0.15, 0.2) is 5.82 Å². The fourth-order valence-corrected chi connectivity index (χ4v) is 2.51. The van der Waals surface area contributed by atoms with Gasteiger partial charge in [-0.1, -0.05) is 0 Å². The summed E-state index contributed by atoms with van der Waals surface area (Å²) < 4.78 is 5.67. The number of thiophene rings is 1. The van der Waals surface area contributed by atoms with E-state index in [0.717, 1.165) is 23.1 Å². The highest BCUT2D eigenvalue weighted by Gasteiger charge is 2.18. The monoisotopic (exact) mass is 235 g/mol. The predicted molar refractivity (Wildman–Crippen MR) is 64.3 cm³/mol. The molecule has 1 aliphatic rings. The summed E-state index contributed by atoms with van der Waals surface area (Å²) >= 11 is 1.58. The summed E-state index contributed by atoms with van der Waals surface area (Å²) in [5, 5.41) is 2.92. The number of nitrogen functional groups attached to an aromatic ring is 1. The number of aromatic nitrogens is 2. The molecule has 2 heterocycles. The Morgan fingerprint density at radius 3 is 3.06 bits per heavy atom. The summed E-state index contributed by atoms with van der Waals surface area (Å²) in [5.41, 5.74) is 5.85. The average Bonchev–Trinajstić information content (AvgIpc) is 2.63. The normalized spacial score (nSPS) is 16.5. The third-order valence-electron chi connectivity index (χ3n) is 2.90. The van der Waals surface area contributed by atoms with Gasteiger partial charge in [-0.25, -0.2) is 9.97 Å². The highest BCUT2D eigenvalue weighted by Crippen LogP contribution is 2.25. The number of nitrogens with two attached hydrogens (primary N) is 1. The highest BCUT2D eigenvalue weighted by atomic mass is 32.1. The van der Waals surface area contributed by atoms with E-state index in [2.05, 4.69) is 9.97 Å². The van der Waals surface area contributed by atoms with E-state index in [1.54, 1.807) is 11.3 Å². The van der Waals surface area contributed by atoms with Crippen LogP contribution in [0.15, 0.2) is 11.4 Å². The first-order valence-electron chi connectivity index (χ1n) is 5.44. The smallest absolute Gasteiger partial charge is 0.158 e. The zero-order valence-electron chi connectivity index (χ0n) is 8.85. The van der Waals surface area contributed by atoms with Gasteiger partial charge in [0.05, 0.1) is 11.5 Å². The Morgan fingerprint density at radius 1 is 1.44 bits per heavy atom. The van der Waals surface area contributed by atoms with Crippen molar-refractivity contribution in [2.45, 2.75) is 32.0 Å². The molecule has 2 N–H and O–H groups in total. The van der Waals surface area contributed by atoms with Crippen LogP contribution in [0.5, 0.6) is 0 Å². The molecule has 84 valence electrons. The molecule has 1 fully saturated rings. The van der Waals surface area contributed by atoms with Gasteiger partial charge in [-0.2, -0.15) is 0 Å². The molecule has 1 aliphatic carbocycles. The van der Waals surface area contributed by atoms with Crippen molar-refractivity contribution < 1.29 is 4.74 Å². The Labute approximate surface area is 97.5 Å². The summed E-state index contributed by atoms with van der Waals surface area (Å²) in [6.07, 6.45) is 4.01. The molecular weight excluding hydrogens is 222 g/mol. The lowest BCUT2D eigenvalue weighted by Crippen LogP contribution is -2.21. The fourth-order valence-electron chi connectivity index (χ4n) is 1.72. The van der Waals surface area contributed by atoms with Crippen molar-refractivity contribution in [3.8, 4) is 0 Å². The Bertz CT molecular complexity index is 507. The molecular formula is C11H13N3OS. The van der Waals surface area contributed by atoms with Crippen molar-refractivity contribution in [1.82, 2.24) is 9.97 Å². The van der Waals surface area contributed by atoms with E-state index < -0.39 is 0 Å². The van der Waals surface area contributed by atoms with Crippen molar-refractivity contribution in [2.75, 3.05) is 5.73 Å². The van der Waals surface area contributed by atoms with E-state index in [9.17, 15) is 0 Å². The second-order valence-electron chi connectivity index (χ2n) is 4.03. The molecule has 3 rings (SSSR count). The SMILES string of the molecule is Nc1nc(COC2CCC2)nc2sccc12. The molecule has 0 atom stereocenters. The lowest BCUT2D eigenvalue weighted by atomic mass is 9.96. The van der Waals surface area contributed by atoms with Crippen molar-refractivity contribution in [2.24, 2.45) is 0 Å². The van der Waals surface area contributed by atoms with Crippen molar-refractivity contribution >= 4 is 27.4 Å². The summed E-state index contributed by atoms with van der Waals surface area (Å²) in [5.74, 6) is 1.25. The van der Waals surface area contributed by atoms with Crippen LogP contribution in [0.25, 0.3) is 10.2 Å². The van der Waals surface area contributed by atoms with Crippen LogP contribution in [0.1, 0.15) is 25.1 Å². The standard InChI is InChI=1S/C11H13N3OS/c12-10-8-4-5-16-11(8)14-9(13-10)6-15-7-2-1-3-7/h4-5,7H,1-3,6H2,(H2,12,13,14). The third kappa shape index (κ3) is 1.76. The number of fused-ring (bicyclic) bond motifs is 1. The minimum Gasteiger partial charge on any atom is -0.383 e. The summed E-state index contributed by atoms with van der Waals surface area (Å²) in [4.78, 5) is 9.63. The number of ether oxygens (including phenoxy) is 1. The summed E-state index contributed by atoms with van der Waals surface area (Å²) in [6.45, 7) is 0.475. The van der Waals surface area contributed by atoms with E-state index in [0.29, 0.717) is 24.4 Å². The number of hydrogen-bond acceptors (Lipinski definition) is 5. The number of nitrogens with zero attached hydrogens (tertiary/aromatic N) is 2. The zero-order chi connectivity index (χ0) is 11.0. The topological polar surface area (TPSA) is 61.0 Å². The maximum atomic E-state index is 5.85. The molecule has 2 aromatic rings. The summed E-state index contributed by atoms with van der Waals surface area (Å²) in [6, 6.07) is 1.95. The van der Waals surface area contributed by atoms with Gasteiger partial charge in [-0.15, -0.1) is 11.3 Å². The van der Waals surface area contributed by atoms with Crippen molar-refractivity contribution in [1.29, 1.82) is 0 Å². The molecule has 4 nitrogen and oxygen atoms in total. The quantitative estimate of drug-likeness (QED) is 0.887. The Hall–Kier alpha value is -1.20. The van der Waals surface area contributed by atoms with Gasteiger partial charge in [0, 0.05) is 0 Å². The minimum absolute atomic E-state index is 0.406. The number of anilines is 1. The van der Waals surface area contributed by atoms with Crippen LogP contribution in [0.3, 0.4) is 0 Å². The third-order valence-corrected chi connectivity index (χ3v) is 3.71. The first-order valence-corrected chi connectivity index (χ1v) is 6.32. The van der Waals surface area contributed by atoms with Crippen LogP contribution >= 0.6 is 11.3 Å². The van der Waals surface area contributed by atoms with Gasteiger partial charge in [0.2, 0.25) is 0 Å². The summed E-state index contributed by atoms with van der Waals surface area (Å²) in [7, 11) is 0. The first kappa shape index (κ1) is 9.99. The van der Waals surface area contributed by atoms with E-state index >= 15 is 0 Å². The van der Waals surface area contributed by atoms with Crippen LogP contribution in [-0.4, -0.2) is 16.1 Å². The highest BCUT2D eigenvalue weighted by molar-refractivity contribution is 7.16. The molecule has 0 radical (unpaired) electrons. The van der Waals surface area contributed by atoms with E-state index in [1.807, 2.05) is 11.4 Å². The second kappa shape index (κ2) is 3.99. The molecule has 16 heavy (non-hydrogen) atoms. The second-order valence-corrected chi connectivity index (χ2v) is 4.92. The largest absolute Gasteiger partial charge is 0.383 e. The molecule has 0 aromatic carbocycles. The average molecular weight is 235 g/mol. The molecule has 0 aliphatic heterocycles. The van der Waals surface area contributed by atoms with Crippen LogP contribution in [-0.2, 0) is 11.3 Å². The van der Waals surface area contributed by atoms with Crippen LogP contribution < -0.4 is 5.73 Å². The van der Waals surface area contributed by atoms with E-state index in [1.165, 1.54) is 6.42 Å². The van der Waals surface area contributed by atoms with Crippen molar-refractivity contribution in [3.05, 3.63) is 17.3 Å². The Kier molecular flexibility index (Phi) is 2.49. The minimum atomic E-state index is 0.406. The predicted octanol–water partition coefficient (Wildman–Crippen LogP) is 2.34. The van der Waals surface area contributed by atoms with Gasteiger partial charge in [0.1, 0.15) is 17.3 Å². The molecule has 1 saturated carbocycles. The van der Waals surface area contributed by atoms with Crippen LogP contribution in [0.2, 0.25) is 0 Å². The maximum absolute atomic E-state index is 5.85. The van der Waals surface area contributed by atoms with Crippen LogP contribution in [0.4, 0.5) is 5.82 Å². The molecule has 0 amide bonds.